The summed E-state index contributed by atoms with van der Waals surface area (Å²) >= 11 is 1.67. The highest BCUT2D eigenvalue weighted by Gasteiger charge is 2.36. The minimum Gasteiger partial charge on any atom is -0.340 e. The van der Waals surface area contributed by atoms with E-state index >= 15 is 0 Å². The number of amides is 1. The molecule has 3 aromatic heterocycles. The molecule has 1 unspecified atom stereocenters. The number of thiophene rings is 1. The minimum atomic E-state index is -0.182. The topological polar surface area (TPSA) is 88.5 Å². The van der Waals surface area contributed by atoms with E-state index in [1.54, 1.807) is 23.7 Å². The van der Waals surface area contributed by atoms with E-state index in [9.17, 15) is 4.79 Å². The first kappa shape index (κ1) is 16.0. The fraction of sp³-hybridized carbons (Fsp3) is 0.412. The molecule has 0 radical (unpaired) electrons. The third kappa shape index (κ3) is 3.21. The van der Waals surface area contributed by atoms with Crippen molar-refractivity contribution in [2.45, 2.75) is 39.3 Å². The van der Waals surface area contributed by atoms with Crippen LogP contribution >= 0.6 is 11.3 Å². The Kier molecular flexibility index (Phi) is 4.12. The van der Waals surface area contributed by atoms with E-state index in [0.29, 0.717) is 11.6 Å². The number of H-pyrrole nitrogens is 1. The van der Waals surface area contributed by atoms with Gasteiger partial charge in [0, 0.05) is 11.4 Å². The van der Waals surface area contributed by atoms with Crippen molar-refractivity contribution in [3.63, 3.8) is 0 Å². The summed E-state index contributed by atoms with van der Waals surface area (Å²) in [6, 6.07) is 5.78. The van der Waals surface area contributed by atoms with Crippen LogP contribution in [-0.2, 0) is 6.54 Å². The number of aryl methyl sites for hydroxylation is 2. The number of aromatic amines is 1. The van der Waals surface area contributed by atoms with E-state index in [-0.39, 0.29) is 11.9 Å². The van der Waals surface area contributed by atoms with E-state index in [2.05, 4.69) is 38.6 Å². The van der Waals surface area contributed by atoms with Crippen LogP contribution in [0.5, 0.6) is 0 Å². The molecule has 25 heavy (non-hydrogen) atoms. The Labute approximate surface area is 149 Å². The SMILES string of the molecule is CCn1ncnc1C(NC(=O)c1cc(-c2ccc(C)s2)[nH]n1)C1CC1. The number of nitrogens with zero attached hydrogens (tertiary/aromatic N) is 4. The second-order valence-electron chi connectivity index (χ2n) is 6.30. The number of hydrogen-bond acceptors (Lipinski definition) is 5. The van der Waals surface area contributed by atoms with Gasteiger partial charge in [-0.05, 0) is 50.8 Å². The predicted octanol–water partition coefficient (Wildman–Crippen LogP) is 2.94. The second-order valence-corrected chi connectivity index (χ2v) is 7.59. The summed E-state index contributed by atoms with van der Waals surface area (Å²) in [5.41, 5.74) is 1.26. The van der Waals surface area contributed by atoms with Gasteiger partial charge in [-0.3, -0.25) is 9.89 Å². The third-order valence-electron chi connectivity index (χ3n) is 4.42. The molecular weight excluding hydrogens is 336 g/mol. The van der Waals surface area contributed by atoms with E-state index in [0.717, 1.165) is 35.8 Å². The summed E-state index contributed by atoms with van der Waals surface area (Å²) in [5, 5.41) is 14.5. The van der Waals surface area contributed by atoms with E-state index in [4.69, 9.17) is 0 Å². The molecule has 1 fully saturated rings. The van der Waals surface area contributed by atoms with Gasteiger partial charge in [0.25, 0.3) is 5.91 Å². The maximum Gasteiger partial charge on any atom is 0.272 e. The van der Waals surface area contributed by atoms with E-state index < -0.39 is 0 Å². The lowest BCUT2D eigenvalue weighted by Gasteiger charge is -2.17. The van der Waals surface area contributed by atoms with Crippen LogP contribution in [0.25, 0.3) is 10.6 Å². The van der Waals surface area contributed by atoms with Gasteiger partial charge >= 0.3 is 0 Å². The van der Waals surface area contributed by atoms with Crippen LogP contribution < -0.4 is 5.32 Å². The smallest absolute Gasteiger partial charge is 0.272 e. The van der Waals surface area contributed by atoms with Crippen LogP contribution in [0.2, 0.25) is 0 Å². The zero-order chi connectivity index (χ0) is 17.4. The van der Waals surface area contributed by atoms with Gasteiger partial charge in [0.1, 0.15) is 12.2 Å². The summed E-state index contributed by atoms with van der Waals surface area (Å²) in [5.74, 6) is 1.07. The Balaban J connectivity index is 1.53. The first-order chi connectivity index (χ1) is 12.2. The molecule has 0 bridgehead atoms. The quantitative estimate of drug-likeness (QED) is 0.711. The normalized spacial score (nSPS) is 15.3. The van der Waals surface area contributed by atoms with Crippen molar-refractivity contribution in [2.75, 3.05) is 0 Å². The van der Waals surface area contributed by atoms with Gasteiger partial charge in [0.2, 0.25) is 0 Å². The Morgan fingerprint density at radius 2 is 2.32 bits per heavy atom. The molecule has 0 spiro atoms. The molecule has 1 aliphatic rings. The largest absolute Gasteiger partial charge is 0.340 e. The molecule has 0 aliphatic heterocycles. The molecule has 8 heteroatoms. The van der Waals surface area contributed by atoms with Gasteiger partial charge in [-0.15, -0.1) is 11.3 Å². The zero-order valence-corrected chi connectivity index (χ0v) is 15.0. The van der Waals surface area contributed by atoms with Gasteiger partial charge < -0.3 is 5.32 Å². The number of hydrogen-bond donors (Lipinski definition) is 2. The highest BCUT2D eigenvalue weighted by Crippen LogP contribution is 2.40. The first-order valence-corrected chi connectivity index (χ1v) is 9.28. The summed E-state index contributed by atoms with van der Waals surface area (Å²) in [7, 11) is 0. The van der Waals surface area contributed by atoms with Crippen molar-refractivity contribution < 1.29 is 4.79 Å². The van der Waals surface area contributed by atoms with E-state index in [1.807, 2.05) is 17.7 Å². The lowest BCUT2D eigenvalue weighted by atomic mass is 10.1. The lowest BCUT2D eigenvalue weighted by molar-refractivity contribution is 0.0923. The van der Waals surface area contributed by atoms with Crippen LogP contribution in [-0.4, -0.2) is 30.9 Å². The van der Waals surface area contributed by atoms with Crippen LogP contribution in [0.1, 0.15) is 47.0 Å². The maximum atomic E-state index is 12.7. The third-order valence-corrected chi connectivity index (χ3v) is 5.45. The summed E-state index contributed by atoms with van der Waals surface area (Å²) in [6.07, 6.45) is 3.75. The van der Waals surface area contributed by atoms with Gasteiger partial charge in [0.05, 0.1) is 16.6 Å². The predicted molar refractivity (Wildman–Crippen MR) is 95.3 cm³/mol. The van der Waals surface area contributed by atoms with Crippen molar-refractivity contribution in [3.8, 4) is 10.6 Å². The number of carbonyl (C=O) groups excluding carboxylic acids is 1. The molecule has 7 nitrogen and oxygen atoms in total. The van der Waals surface area contributed by atoms with Crippen LogP contribution in [0.3, 0.4) is 0 Å². The van der Waals surface area contributed by atoms with E-state index in [1.165, 1.54) is 4.88 Å². The Hall–Kier alpha value is -2.48. The molecule has 2 N–H and O–H groups in total. The number of nitrogens with one attached hydrogen (secondary N) is 2. The van der Waals surface area contributed by atoms with Crippen molar-refractivity contribution in [1.29, 1.82) is 0 Å². The number of aromatic nitrogens is 5. The molecule has 3 heterocycles. The molecule has 1 atom stereocenters. The standard InChI is InChI=1S/C17H20N6OS/c1-3-23-16(18-9-19-23)15(11-5-6-11)20-17(24)13-8-12(21-22-13)14-7-4-10(2)25-14/h4,7-9,11,15H,3,5-6H2,1-2H3,(H,20,24)(H,21,22). The van der Waals surface area contributed by atoms with Crippen molar-refractivity contribution in [2.24, 2.45) is 5.92 Å². The number of carbonyl (C=O) groups is 1. The highest BCUT2D eigenvalue weighted by molar-refractivity contribution is 7.15. The van der Waals surface area contributed by atoms with Gasteiger partial charge in [-0.1, -0.05) is 0 Å². The summed E-state index contributed by atoms with van der Waals surface area (Å²) in [4.78, 5) is 19.3. The van der Waals surface area contributed by atoms with Crippen molar-refractivity contribution in [3.05, 3.63) is 40.9 Å². The fourth-order valence-electron chi connectivity index (χ4n) is 2.94. The Bertz CT molecular complexity index is 890. The molecule has 1 aliphatic carbocycles. The molecule has 4 rings (SSSR count). The summed E-state index contributed by atoms with van der Waals surface area (Å²) < 4.78 is 1.84. The van der Waals surface area contributed by atoms with Crippen LogP contribution in [0.15, 0.2) is 24.5 Å². The molecule has 130 valence electrons. The first-order valence-electron chi connectivity index (χ1n) is 8.46. The van der Waals surface area contributed by atoms with Gasteiger partial charge in [0.15, 0.2) is 5.69 Å². The molecule has 0 aromatic carbocycles. The van der Waals surface area contributed by atoms with Crippen LogP contribution in [0.4, 0.5) is 0 Å². The molecule has 1 saturated carbocycles. The summed E-state index contributed by atoms with van der Waals surface area (Å²) in [6.45, 7) is 4.81. The Morgan fingerprint density at radius 3 is 3.00 bits per heavy atom. The number of rotatable bonds is 6. The van der Waals surface area contributed by atoms with Crippen molar-refractivity contribution in [1.82, 2.24) is 30.3 Å². The fourth-order valence-corrected chi connectivity index (χ4v) is 3.77. The molecule has 1 amide bonds. The van der Waals surface area contributed by atoms with Gasteiger partial charge in [-0.2, -0.15) is 10.2 Å². The maximum absolute atomic E-state index is 12.7. The second kappa shape index (κ2) is 6.44. The molecule has 0 saturated heterocycles. The van der Waals surface area contributed by atoms with Crippen LogP contribution in [0, 0.1) is 12.8 Å². The van der Waals surface area contributed by atoms with Crippen molar-refractivity contribution >= 4 is 17.2 Å². The average Bonchev–Trinajstić information content (AvgIpc) is 3.03. The Morgan fingerprint density at radius 1 is 1.48 bits per heavy atom. The lowest BCUT2D eigenvalue weighted by Crippen LogP contribution is -2.32. The van der Waals surface area contributed by atoms with Gasteiger partial charge in [-0.25, -0.2) is 9.67 Å². The molecular formula is C17H20N6OS. The minimum absolute atomic E-state index is 0.112. The molecule has 3 aromatic rings. The average molecular weight is 356 g/mol. The highest BCUT2D eigenvalue weighted by atomic mass is 32.1. The monoisotopic (exact) mass is 356 g/mol. The zero-order valence-electron chi connectivity index (χ0n) is 14.2.